The van der Waals surface area contributed by atoms with E-state index >= 15 is 0 Å². The fraction of sp³-hybridized carbons (Fsp3) is 0.235. The third kappa shape index (κ3) is 5.99. The number of halogens is 3. The summed E-state index contributed by atoms with van der Waals surface area (Å²) in [5.74, 6) is 0. The molecular weight excluding hydrogens is 381 g/mol. The molecule has 1 N–H and O–H groups in total. The predicted octanol–water partition coefficient (Wildman–Crippen LogP) is 6.35. The van der Waals surface area contributed by atoms with Crippen LogP contribution in [0.25, 0.3) is 5.57 Å². The minimum Gasteiger partial charge on any atom is -0.330 e. The lowest BCUT2D eigenvalue weighted by atomic mass is 10.3. The number of pyridine rings is 1. The third-order valence-corrected chi connectivity index (χ3v) is 4.64. The lowest BCUT2D eigenvalue weighted by Crippen LogP contribution is -2.07. The second-order valence-corrected chi connectivity index (χ2v) is 7.10. The van der Waals surface area contributed by atoms with Gasteiger partial charge in [-0.25, -0.2) is 9.97 Å². The Morgan fingerprint density at radius 2 is 2.08 bits per heavy atom. The monoisotopic (exact) mass is 398 g/mol. The van der Waals surface area contributed by atoms with E-state index < -0.39 is 11.9 Å². The number of thiazole rings is 1. The van der Waals surface area contributed by atoms with Crippen LogP contribution in [0.3, 0.4) is 0 Å². The molecule has 0 bridgehead atoms. The zero-order valence-electron chi connectivity index (χ0n) is 14.3. The van der Waals surface area contributed by atoms with Crippen LogP contribution in [0.1, 0.15) is 32.2 Å². The van der Waals surface area contributed by atoms with Gasteiger partial charge in [0.15, 0.2) is 5.13 Å². The van der Waals surface area contributed by atoms with E-state index in [0.717, 1.165) is 28.6 Å². The molecule has 2 rings (SSSR count). The molecule has 138 valence electrons. The Morgan fingerprint density at radius 1 is 1.31 bits per heavy atom. The van der Waals surface area contributed by atoms with Gasteiger partial charge in [-0.15, -0.1) is 11.3 Å². The first-order valence-electron chi connectivity index (χ1n) is 7.54. The second-order valence-electron chi connectivity index (χ2n) is 5.14. The molecule has 0 unspecified atom stereocenters. The van der Waals surface area contributed by atoms with Gasteiger partial charge in [0.2, 0.25) is 0 Å². The molecule has 0 aliphatic rings. The van der Waals surface area contributed by atoms with E-state index in [2.05, 4.69) is 20.3 Å². The van der Waals surface area contributed by atoms with Gasteiger partial charge >= 0.3 is 6.18 Å². The molecule has 0 aromatic carbocycles. The highest BCUT2D eigenvalue weighted by Gasteiger charge is 2.32. The Hall–Kier alpha value is -2.13. The number of nitrogens with one attached hydrogen (secondary N) is 1. The highest BCUT2D eigenvalue weighted by molar-refractivity contribution is 8.16. The van der Waals surface area contributed by atoms with Gasteiger partial charge in [0.25, 0.3) is 0 Å². The summed E-state index contributed by atoms with van der Waals surface area (Å²) in [5.41, 5.74) is 1.16. The van der Waals surface area contributed by atoms with Crippen LogP contribution in [0.4, 0.5) is 24.0 Å². The van der Waals surface area contributed by atoms with Crippen LogP contribution in [0, 0.1) is 0 Å². The molecule has 2 aromatic heterocycles. The summed E-state index contributed by atoms with van der Waals surface area (Å²) in [7, 11) is 0. The van der Waals surface area contributed by atoms with Crippen LogP contribution in [-0.4, -0.2) is 15.0 Å². The molecule has 0 aliphatic carbocycles. The van der Waals surface area contributed by atoms with E-state index in [9.17, 15) is 13.2 Å². The van der Waals surface area contributed by atoms with E-state index in [1.54, 1.807) is 6.20 Å². The standard InChI is InChI=1S/C17H17F3N4S2/c1-4-7-25-12(3)21-8-11(2)14-10-26-16(24-14)23-13-5-6-15(22-9-13)17(18,19)20/h4-10H,1-3H3,(H,23,24)/b7-4-,11-8+,21-12+. The van der Waals surface area contributed by atoms with Crippen molar-refractivity contribution < 1.29 is 13.2 Å². The molecule has 0 saturated carbocycles. The van der Waals surface area contributed by atoms with Crippen LogP contribution >= 0.6 is 23.1 Å². The number of alkyl halides is 3. The summed E-state index contributed by atoms with van der Waals surface area (Å²) in [4.78, 5) is 12.2. The minimum atomic E-state index is -4.45. The largest absolute Gasteiger partial charge is 0.433 e. The topological polar surface area (TPSA) is 50.2 Å². The van der Waals surface area contributed by atoms with Gasteiger partial charge in [0.05, 0.1) is 22.6 Å². The molecule has 0 spiro atoms. The van der Waals surface area contributed by atoms with E-state index in [-0.39, 0.29) is 0 Å². The Bertz CT molecular complexity index is 821. The number of aromatic nitrogens is 2. The van der Waals surface area contributed by atoms with Gasteiger partial charge in [0.1, 0.15) is 5.69 Å². The van der Waals surface area contributed by atoms with Crippen molar-refractivity contribution in [1.82, 2.24) is 9.97 Å². The molecule has 0 aliphatic heterocycles. The van der Waals surface area contributed by atoms with E-state index in [0.29, 0.717) is 10.8 Å². The summed E-state index contributed by atoms with van der Waals surface area (Å²) in [5, 5.41) is 8.24. The molecule has 0 amide bonds. The van der Waals surface area contributed by atoms with Gasteiger partial charge in [-0.05, 0) is 43.9 Å². The summed E-state index contributed by atoms with van der Waals surface area (Å²) >= 11 is 2.88. The molecule has 0 radical (unpaired) electrons. The van der Waals surface area contributed by atoms with Crippen LogP contribution < -0.4 is 5.32 Å². The molecule has 9 heteroatoms. The molecule has 2 heterocycles. The maximum absolute atomic E-state index is 12.5. The summed E-state index contributed by atoms with van der Waals surface area (Å²) in [6.45, 7) is 5.76. The maximum atomic E-state index is 12.5. The molecule has 26 heavy (non-hydrogen) atoms. The maximum Gasteiger partial charge on any atom is 0.433 e. The van der Waals surface area contributed by atoms with Crippen molar-refractivity contribution in [1.29, 1.82) is 0 Å². The summed E-state index contributed by atoms with van der Waals surface area (Å²) in [6, 6.07) is 2.26. The van der Waals surface area contributed by atoms with Gasteiger partial charge < -0.3 is 5.32 Å². The van der Waals surface area contributed by atoms with Crippen molar-refractivity contribution in [3.8, 4) is 0 Å². The number of rotatable bonds is 5. The van der Waals surface area contributed by atoms with Gasteiger partial charge in [-0.3, -0.25) is 4.99 Å². The fourth-order valence-electron chi connectivity index (χ4n) is 1.72. The number of hydrogen-bond donors (Lipinski definition) is 1. The zero-order valence-corrected chi connectivity index (χ0v) is 16.0. The van der Waals surface area contributed by atoms with Crippen molar-refractivity contribution in [3.63, 3.8) is 0 Å². The SMILES string of the molecule is C/C=C\S/C(C)=N/C=C(\C)c1csc(Nc2ccc(C(F)(F)F)nc2)n1. The quantitative estimate of drug-likeness (QED) is 0.471. The third-order valence-electron chi connectivity index (χ3n) is 3.03. The van der Waals surface area contributed by atoms with Gasteiger partial charge in [-0.2, -0.15) is 13.2 Å². The molecule has 0 saturated heterocycles. The molecule has 2 aromatic rings. The van der Waals surface area contributed by atoms with Crippen molar-refractivity contribution >= 4 is 44.5 Å². The molecular formula is C17H17F3N4S2. The minimum absolute atomic E-state index is 0.442. The normalized spacial score (nSPS) is 13.5. The summed E-state index contributed by atoms with van der Waals surface area (Å²) < 4.78 is 37.6. The number of thioether (sulfide) groups is 1. The van der Waals surface area contributed by atoms with Crippen LogP contribution in [-0.2, 0) is 6.18 Å². The number of hydrogen-bond acceptors (Lipinski definition) is 6. The van der Waals surface area contributed by atoms with E-state index in [1.807, 2.05) is 37.6 Å². The fourth-order valence-corrected chi connectivity index (χ4v) is 2.96. The molecule has 0 atom stereocenters. The van der Waals surface area contributed by atoms with Crippen LogP contribution in [0.5, 0.6) is 0 Å². The number of allylic oxidation sites excluding steroid dienone is 2. The van der Waals surface area contributed by atoms with Crippen molar-refractivity contribution in [2.24, 2.45) is 4.99 Å². The van der Waals surface area contributed by atoms with Crippen LogP contribution in [0.2, 0.25) is 0 Å². The highest BCUT2D eigenvalue weighted by atomic mass is 32.2. The average Bonchev–Trinajstić information content (AvgIpc) is 3.06. The lowest BCUT2D eigenvalue weighted by molar-refractivity contribution is -0.141. The number of nitrogens with zero attached hydrogens (tertiary/aromatic N) is 3. The number of anilines is 2. The molecule has 4 nitrogen and oxygen atoms in total. The predicted molar refractivity (Wildman–Crippen MR) is 104 cm³/mol. The van der Waals surface area contributed by atoms with E-state index in [4.69, 9.17) is 0 Å². The Labute approximate surface area is 158 Å². The lowest BCUT2D eigenvalue weighted by Gasteiger charge is -2.06. The van der Waals surface area contributed by atoms with Crippen molar-refractivity contribution in [2.45, 2.75) is 26.9 Å². The Kier molecular flexibility index (Phi) is 6.98. The first kappa shape index (κ1) is 20.2. The average molecular weight is 398 g/mol. The van der Waals surface area contributed by atoms with Gasteiger partial charge in [0, 0.05) is 11.6 Å². The first-order chi connectivity index (χ1) is 12.3. The molecule has 0 fully saturated rings. The first-order valence-corrected chi connectivity index (χ1v) is 9.30. The Balaban J connectivity index is 2.05. The van der Waals surface area contributed by atoms with Crippen molar-refractivity contribution in [2.75, 3.05) is 5.32 Å². The van der Waals surface area contributed by atoms with Gasteiger partial charge in [-0.1, -0.05) is 17.8 Å². The number of aliphatic imine (C=N–C) groups is 1. The zero-order chi connectivity index (χ0) is 19.2. The smallest absolute Gasteiger partial charge is 0.330 e. The summed E-state index contributed by atoms with van der Waals surface area (Å²) in [6.07, 6.45) is 0.371. The van der Waals surface area contributed by atoms with Crippen molar-refractivity contribution in [3.05, 3.63) is 52.8 Å². The Morgan fingerprint density at radius 3 is 2.69 bits per heavy atom. The van der Waals surface area contributed by atoms with E-state index in [1.165, 1.54) is 29.2 Å². The van der Waals surface area contributed by atoms with Crippen LogP contribution in [0.15, 0.2) is 46.4 Å². The second kappa shape index (κ2) is 9.00. The highest BCUT2D eigenvalue weighted by Crippen LogP contribution is 2.29.